The van der Waals surface area contributed by atoms with Gasteiger partial charge in [0, 0.05) is 6.54 Å². The molecule has 7 nitrogen and oxygen atoms in total. The molecule has 1 fully saturated rings. The molecule has 1 amide bonds. The van der Waals surface area contributed by atoms with Crippen LogP contribution in [-0.2, 0) is 16.1 Å². The third-order valence-electron chi connectivity index (χ3n) is 5.49. The molecular weight excluding hydrogens is 495 g/mol. The summed E-state index contributed by atoms with van der Waals surface area (Å²) in [6, 6.07) is 18.2. The smallest absolute Gasteiger partial charge is 0.337 e. The molecule has 0 aromatic heterocycles. The van der Waals surface area contributed by atoms with Crippen molar-refractivity contribution in [2.45, 2.75) is 13.5 Å². The van der Waals surface area contributed by atoms with Crippen LogP contribution in [0.2, 0.25) is 0 Å². The second-order valence-corrected chi connectivity index (χ2v) is 8.93. The number of aliphatic imine (C=N–C) groups is 1. The van der Waals surface area contributed by atoms with Gasteiger partial charge in [-0.25, -0.2) is 14.2 Å². The molecule has 3 aromatic rings. The molecule has 37 heavy (non-hydrogen) atoms. The molecular formula is C28H25FN2O5S. The Morgan fingerprint density at radius 2 is 1.84 bits per heavy atom. The molecule has 0 saturated carbocycles. The average Bonchev–Trinajstić information content (AvgIpc) is 3.20. The lowest BCUT2D eigenvalue weighted by Gasteiger charge is -2.12. The van der Waals surface area contributed by atoms with E-state index >= 15 is 0 Å². The molecule has 1 aliphatic rings. The van der Waals surface area contributed by atoms with E-state index < -0.39 is 5.97 Å². The van der Waals surface area contributed by atoms with E-state index in [4.69, 9.17) is 14.2 Å². The molecule has 0 atom stereocenters. The summed E-state index contributed by atoms with van der Waals surface area (Å²) in [5.41, 5.74) is 2.49. The number of rotatable bonds is 8. The largest absolute Gasteiger partial charge is 0.493 e. The van der Waals surface area contributed by atoms with E-state index in [1.165, 1.54) is 38.1 Å². The van der Waals surface area contributed by atoms with Crippen molar-refractivity contribution in [2.24, 2.45) is 4.99 Å². The zero-order valence-electron chi connectivity index (χ0n) is 20.6. The number of amidine groups is 1. The highest BCUT2D eigenvalue weighted by Gasteiger charge is 2.32. The van der Waals surface area contributed by atoms with Gasteiger partial charge in [0.1, 0.15) is 12.4 Å². The molecule has 1 aliphatic heterocycles. The van der Waals surface area contributed by atoms with Crippen LogP contribution in [0, 0.1) is 5.82 Å². The number of carbonyl (C=O) groups excluding carboxylic acids is 2. The number of ether oxygens (including phenoxy) is 3. The monoisotopic (exact) mass is 520 g/mol. The minimum atomic E-state index is -0.425. The van der Waals surface area contributed by atoms with Gasteiger partial charge in [0.15, 0.2) is 16.7 Å². The number of halogens is 1. The van der Waals surface area contributed by atoms with E-state index in [0.717, 1.165) is 5.56 Å². The van der Waals surface area contributed by atoms with Gasteiger partial charge in [0.25, 0.3) is 5.91 Å². The first kappa shape index (κ1) is 26.0. The highest BCUT2D eigenvalue weighted by Crippen LogP contribution is 2.36. The second kappa shape index (κ2) is 11.7. The van der Waals surface area contributed by atoms with Crippen LogP contribution in [0.15, 0.2) is 76.6 Å². The number of hydrogen-bond donors (Lipinski definition) is 0. The molecule has 0 unspecified atom stereocenters. The quantitative estimate of drug-likeness (QED) is 0.275. The van der Waals surface area contributed by atoms with Crippen molar-refractivity contribution in [3.8, 4) is 11.5 Å². The molecule has 0 aliphatic carbocycles. The maximum absolute atomic E-state index is 13.4. The van der Waals surface area contributed by atoms with Crippen molar-refractivity contribution < 1.29 is 28.2 Å². The molecule has 0 spiro atoms. The number of amides is 1. The molecule has 3 aromatic carbocycles. The fourth-order valence-electron chi connectivity index (χ4n) is 3.60. The Bertz CT molecular complexity index is 1370. The van der Waals surface area contributed by atoms with Crippen molar-refractivity contribution in [3.05, 3.63) is 94.1 Å². The maximum Gasteiger partial charge on any atom is 0.337 e. The number of esters is 1. The molecule has 0 bridgehead atoms. The van der Waals surface area contributed by atoms with Crippen LogP contribution in [0.25, 0.3) is 6.08 Å². The lowest BCUT2D eigenvalue weighted by molar-refractivity contribution is -0.122. The van der Waals surface area contributed by atoms with E-state index in [2.05, 4.69) is 4.99 Å². The predicted molar refractivity (Wildman–Crippen MR) is 142 cm³/mol. The average molecular weight is 521 g/mol. The minimum Gasteiger partial charge on any atom is -0.493 e. The Morgan fingerprint density at radius 1 is 1.05 bits per heavy atom. The molecule has 0 radical (unpaired) electrons. The summed E-state index contributed by atoms with van der Waals surface area (Å²) in [4.78, 5) is 31.4. The van der Waals surface area contributed by atoms with Gasteiger partial charge in [0.05, 0.1) is 30.4 Å². The standard InChI is InChI=1S/C28H25FN2O5S/c1-4-31-26(32)25(37-28(31)30-22-11-9-20(10-12-22)27(33)35-3)16-18-8-13-23(24(15-18)34-2)36-17-19-6-5-7-21(29)14-19/h5-16H,4,17H2,1-3H3/b25-16-,30-28?. The molecule has 9 heteroatoms. The summed E-state index contributed by atoms with van der Waals surface area (Å²) in [7, 11) is 2.86. The van der Waals surface area contributed by atoms with Gasteiger partial charge in [-0.2, -0.15) is 0 Å². The van der Waals surface area contributed by atoms with Crippen LogP contribution in [0.1, 0.15) is 28.4 Å². The van der Waals surface area contributed by atoms with E-state index in [9.17, 15) is 14.0 Å². The third kappa shape index (κ3) is 6.18. The fraction of sp³-hybridized carbons (Fsp3) is 0.179. The van der Waals surface area contributed by atoms with Crippen LogP contribution >= 0.6 is 11.8 Å². The summed E-state index contributed by atoms with van der Waals surface area (Å²) in [5, 5.41) is 0.548. The summed E-state index contributed by atoms with van der Waals surface area (Å²) in [5.74, 6) is 0.102. The van der Waals surface area contributed by atoms with Gasteiger partial charge in [-0.1, -0.05) is 18.2 Å². The van der Waals surface area contributed by atoms with Crippen LogP contribution in [-0.4, -0.2) is 42.7 Å². The summed E-state index contributed by atoms with van der Waals surface area (Å²) in [6.07, 6.45) is 1.78. The van der Waals surface area contributed by atoms with Gasteiger partial charge in [-0.15, -0.1) is 0 Å². The fourth-order valence-corrected chi connectivity index (χ4v) is 4.67. The SMILES string of the molecule is CCN1C(=O)/C(=C/c2ccc(OCc3cccc(F)c3)c(OC)c2)SC1=Nc1ccc(C(=O)OC)cc1. The van der Waals surface area contributed by atoms with Crippen molar-refractivity contribution in [1.82, 2.24) is 4.90 Å². The lowest BCUT2D eigenvalue weighted by atomic mass is 10.1. The topological polar surface area (TPSA) is 77.4 Å². The Kier molecular flexibility index (Phi) is 8.25. The molecule has 1 saturated heterocycles. The normalized spacial score (nSPS) is 15.4. The summed E-state index contributed by atoms with van der Waals surface area (Å²) >= 11 is 1.27. The number of nitrogens with zero attached hydrogens (tertiary/aromatic N) is 2. The number of likely N-dealkylation sites (N-methyl/N-ethyl adjacent to an activating group) is 1. The van der Waals surface area contributed by atoms with Gasteiger partial charge in [-0.3, -0.25) is 9.69 Å². The third-order valence-corrected chi connectivity index (χ3v) is 6.49. The Balaban J connectivity index is 1.53. The lowest BCUT2D eigenvalue weighted by Crippen LogP contribution is -2.28. The highest BCUT2D eigenvalue weighted by atomic mass is 32.2. The van der Waals surface area contributed by atoms with E-state index in [1.807, 2.05) is 13.0 Å². The van der Waals surface area contributed by atoms with Crippen LogP contribution < -0.4 is 9.47 Å². The van der Waals surface area contributed by atoms with Crippen molar-refractivity contribution >= 4 is 40.6 Å². The van der Waals surface area contributed by atoms with Gasteiger partial charge >= 0.3 is 5.97 Å². The van der Waals surface area contributed by atoms with Crippen molar-refractivity contribution in [3.63, 3.8) is 0 Å². The molecule has 190 valence electrons. The molecule has 4 rings (SSSR count). The van der Waals surface area contributed by atoms with E-state index in [1.54, 1.807) is 59.5 Å². The first-order valence-electron chi connectivity index (χ1n) is 11.5. The van der Waals surface area contributed by atoms with E-state index in [-0.39, 0.29) is 18.3 Å². The highest BCUT2D eigenvalue weighted by molar-refractivity contribution is 8.18. The second-order valence-electron chi connectivity index (χ2n) is 7.92. The zero-order chi connectivity index (χ0) is 26.4. The number of thioether (sulfide) groups is 1. The van der Waals surface area contributed by atoms with Gasteiger partial charge in [-0.05, 0) is 84.4 Å². The van der Waals surface area contributed by atoms with Crippen LogP contribution in [0.4, 0.5) is 10.1 Å². The number of benzene rings is 3. The Morgan fingerprint density at radius 3 is 2.51 bits per heavy atom. The van der Waals surface area contributed by atoms with E-state index in [0.29, 0.717) is 44.9 Å². The Hall–Kier alpha value is -4.11. The number of carbonyl (C=O) groups is 2. The van der Waals surface area contributed by atoms with Crippen molar-refractivity contribution in [1.29, 1.82) is 0 Å². The molecule has 0 N–H and O–H groups in total. The minimum absolute atomic E-state index is 0.150. The number of hydrogen-bond acceptors (Lipinski definition) is 7. The maximum atomic E-state index is 13.4. The number of methoxy groups -OCH3 is 2. The molecule has 1 heterocycles. The predicted octanol–water partition coefficient (Wildman–Crippen LogP) is 5.82. The zero-order valence-corrected chi connectivity index (χ0v) is 21.4. The van der Waals surface area contributed by atoms with Crippen molar-refractivity contribution in [2.75, 3.05) is 20.8 Å². The summed E-state index contributed by atoms with van der Waals surface area (Å²) in [6.45, 7) is 2.53. The first-order chi connectivity index (χ1) is 17.9. The van der Waals surface area contributed by atoms with Gasteiger partial charge < -0.3 is 14.2 Å². The van der Waals surface area contributed by atoms with Crippen LogP contribution in [0.3, 0.4) is 0 Å². The first-order valence-corrected chi connectivity index (χ1v) is 12.3. The summed E-state index contributed by atoms with van der Waals surface area (Å²) < 4.78 is 29.5. The Labute approximate surface area is 218 Å². The van der Waals surface area contributed by atoms with Crippen LogP contribution in [0.5, 0.6) is 11.5 Å². The van der Waals surface area contributed by atoms with Gasteiger partial charge in [0.2, 0.25) is 0 Å².